The van der Waals surface area contributed by atoms with Crippen LogP contribution in [-0.2, 0) is 0 Å². The lowest BCUT2D eigenvalue weighted by Crippen LogP contribution is -1.91. The van der Waals surface area contributed by atoms with Gasteiger partial charge in [-0.05, 0) is 11.5 Å². The number of aromatic nitrogens is 1. The summed E-state index contributed by atoms with van der Waals surface area (Å²) >= 11 is 1.20. The van der Waals surface area contributed by atoms with Gasteiger partial charge in [-0.2, -0.15) is 4.37 Å². The number of aliphatic hydroxyl groups is 1. The zero-order valence-electron chi connectivity index (χ0n) is 6.65. The van der Waals surface area contributed by atoms with Crippen molar-refractivity contribution in [2.45, 2.75) is 12.5 Å². The van der Waals surface area contributed by atoms with Gasteiger partial charge in [-0.25, -0.2) is 0 Å². The van der Waals surface area contributed by atoms with E-state index < -0.39 is 6.10 Å². The van der Waals surface area contributed by atoms with Crippen molar-refractivity contribution in [2.75, 3.05) is 7.11 Å². The first-order valence-electron chi connectivity index (χ1n) is 3.40. The number of aliphatic hydroxyl groups excluding tert-OH is 1. The minimum atomic E-state index is -0.614. The van der Waals surface area contributed by atoms with Crippen molar-refractivity contribution in [3.8, 4) is 18.2 Å². The second kappa shape index (κ2) is 4.10. The molecule has 0 radical (unpaired) electrons. The summed E-state index contributed by atoms with van der Waals surface area (Å²) in [5.74, 6) is 2.90. The topological polar surface area (TPSA) is 42.4 Å². The molecule has 1 atom stereocenters. The molecule has 0 aliphatic heterocycles. The van der Waals surface area contributed by atoms with Crippen LogP contribution < -0.4 is 4.74 Å². The van der Waals surface area contributed by atoms with Crippen molar-refractivity contribution in [2.24, 2.45) is 0 Å². The fourth-order valence-electron chi connectivity index (χ4n) is 0.738. The van der Waals surface area contributed by atoms with E-state index in [0.29, 0.717) is 12.3 Å². The number of ether oxygens (including phenoxy) is 1. The van der Waals surface area contributed by atoms with Crippen LogP contribution in [0.2, 0.25) is 0 Å². The summed E-state index contributed by atoms with van der Waals surface area (Å²) in [7, 11) is 1.53. The molecule has 0 aliphatic carbocycles. The van der Waals surface area contributed by atoms with Gasteiger partial charge in [0.05, 0.1) is 12.0 Å². The molecule has 1 aromatic rings. The highest BCUT2D eigenvalue weighted by atomic mass is 32.1. The van der Waals surface area contributed by atoms with Crippen LogP contribution in [0.15, 0.2) is 6.07 Å². The van der Waals surface area contributed by atoms with Gasteiger partial charge in [0.1, 0.15) is 6.10 Å². The number of hydrogen-bond donors (Lipinski definition) is 1. The SMILES string of the molecule is C#CCC(O)c1cc(OC)ns1. The molecule has 0 aromatic carbocycles. The minimum absolute atomic E-state index is 0.311. The first-order valence-corrected chi connectivity index (χ1v) is 4.17. The Balaban J connectivity index is 2.69. The summed E-state index contributed by atoms with van der Waals surface area (Å²) in [6.45, 7) is 0. The van der Waals surface area contributed by atoms with Crippen molar-refractivity contribution in [3.63, 3.8) is 0 Å². The van der Waals surface area contributed by atoms with Gasteiger partial charge in [0.2, 0.25) is 5.88 Å². The molecule has 3 nitrogen and oxygen atoms in total. The summed E-state index contributed by atoms with van der Waals surface area (Å²) in [6, 6.07) is 1.69. The van der Waals surface area contributed by atoms with E-state index in [4.69, 9.17) is 11.2 Å². The summed E-state index contributed by atoms with van der Waals surface area (Å²) in [5.41, 5.74) is 0. The maximum Gasteiger partial charge on any atom is 0.225 e. The van der Waals surface area contributed by atoms with Crippen molar-refractivity contribution in [1.82, 2.24) is 4.37 Å². The van der Waals surface area contributed by atoms with Crippen molar-refractivity contribution in [3.05, 3.63) is 10.9 Å². The van der Waals surface area contributed by atoms with Crippen LogP contribution in [-0.4, -0.2) is 16.6 Å². The molecule has 0 bridgehead atoms. The van der Waals surface area contributed by atoms with E-state index in [9.17, 15) is 5.11 Å². The Hall–Kier alpha value is -1.05. The van der Waals surface area contributed by atoms with Gasteiger partial charge in [0.15, 0.2) is 0 Å². The molecule has 0 saturated carbocycles. The van der Waals surface area contributed by atoms with Crippen LogP contribution in [0.25, 0.3) is 0 Å². The van der Waals surface area contributed by atoms with Gasteiger partial charge in [-0.1, -0.05) is 0 Å². The molecule has 1 heterocycles. The third kappa shape index (κ3) is 1.97. The molecule has 1 aromatic heterocycles. The van der Waals surface area contributed by atoms with Crippen molar-refractivity contribution < 1.29 is 9.84 Å². The zero-order valence-corrected chi connectivity index (χ0v) is 7.47. The van der Waals surface area contributed by atoms with E-state index in [0.717, 1.165) is 4.88 Å². The van der Waals surface area contributed by atoms with E-state index in [1.807, 2.05) is 0 Å². The van der Waals surface area contributed by atoms with Crippen LogP contribution in [0.5, 0.6) is 5.88 Å². The molecule has 0 aliphatic rings. The Morgan fingerprint density at radius 2 is 2.67 bits per heavy atom. The Bertz CT molecular complexity index is 289. The Morgan fingerprint density at radius 1 is 1.92 bits per heavy atom. The number of methoxy groups -OCH3 is 1. The second-order valence-electron chi connectivity index (χ2n) is 2.20. The number of rotatable bonds is 3. The van der Waals surface area contributed by atoms with Crippen LogP contribution in [0.4, 0.5) is 0 Å². The normalized spacial score (nSPS) is 12.1. The largest absolute Gasteiger partial charge is 0.480 e. The number of nitrogens with zero attached hydrogens (tertiary/aromatic N) is 1. The van der Waals surface area contributed by atoms with E-state index in [-0.39, 0.29) is 0 Å². The Morgan fingerprint density at radius 3 is 3.17 bits per heavy atom. The molecule has 1 N–H and O–H groups in total. The van der Waals surface area contributed by atoms with Gasteiger partial charge in [-0.3, -0.25) is 0 Å². The molecular formula is C8H9NO2S. The lowest BCUT2D eigenvalue weighted by Gasteiger charge is -2.00. The summed E-state index contributed by atoms with van der Waals surface area (Å²) in [4.78, 5) is 0.741. The Kier molecular flexibility index (Phi) is 3.09. The van der Waals surface area contributed by atoms with Gasteiger partial charge in [0, 0.05) is 12.5 Å². The summed E-state index contributed by atoms with van der Waals surface area (Å²) in [5, 5.41) is 9.40. The minimum Gasteiger partial charge on any atom is -0.480 e. The third-order valence-corrected chi connectivity index (χ3v) is 2.23. The lowest BCUT2D eigenvalue weighted by atomic mass is 10.2. The molecular weight excluding hydrogens is 174 g/mol. The average molecular weight is 183 g/mol. The highest BCUT2D eigenvalue weighted by Crippen LogP contribution is 2.24. The third-order valence-electron chi connectivity index (χ3n) is 1.36. The zero-order chi connectivity index (χ0) is 8.97. The molecule has 64 valence electrons. The fourth-order valence-corrected chi connectivity index (χ4v) is 1.42. The van der Waals surface area contributed by atoms with Gasteiger partial charge in [-0.15, -0.1) is 12.3 Å². The average Bonchev–Trinajstić information content (AvgIpc) is 2.52. The number of terminal acetylenes is 1. The first kappa shape index (κ1) is 9.04. The molecule has 0 saturated heterocycles. The summed E-state index contributed by atoms with van der Waals surface area (Å²) in [6.07, 6.45) is 4.75. The van der Waals surface area contributed by atoms with Crippen LogP contribution >= 0.6 is 11.5 Å². The van der Waals surface area contributed by atoms with E-state index >= 15 is 0 Å². The quantitative estimate of drug-likeness (QED) is 0.716. The van der Waals surface area contributed by atoms with E-state index in [1.165, 1.54) is 18.6 Å². The highest BCUT2D eigenvalue weighted by Gasteiger charge is 2.10. The van der Waals surface area contributed by atoms with Crippen molar-refractivity contribution >= 4 is 11.5 Å². The summed E-state index contributed by atoms with van der Waals surface area (Å²) < 4.78 is 8.79. The first-order chi connectivity index (χ1) is 5.77. The highest BCUT2D eigenvalue weighted by molar-refractivity contribution is 7.06. The van der Waals surface area contributed by atoms with Crippen molar-refractivity contribution in [1.29, 1.82) is 0 Å². The standard InChI is InChI=1S/C8H9NO2S/c1-3-4-6(10)7-5-8(11-2)9-12-7/h1,5-6,10H,4H2,2H3. The lowest BCUT2D eigenvalue weighted by molar-refractivity contribution is 0.187. The molecule has 0 amide bonds. The molecule has 1 rings (SSSR count). The van der Waals surface area contributed by atoms with E-state index in [2.05, 4.69) is 10.3 Å². The molecule has 12 heavy (non-hydrogen) atoms. The predicted molar refractivity (Wildman–Crippen MR) is 47.1 cm³/mol. The monoisotopic (exact) mass is 183 g/mol. The smallest absolute Gasteiger partial charge is 0.225 e. The van der Waals surface area contributed by atoms with Gasteiger partial charge in [0.25, 0.3) is 0 Å². The van der Waals surface area contributed by atoms with Crippen LogP contribution in [0.3, 0.4) is 0 Å². The van der Waals surface area contributed by atoms with Crippen LogP contribution in [0.1, 0.15) is 17.4 Å². The predicted octanol–water partition coefficient (Wildman–Crippen LogP) is 1.21. The van der Waals surface area contributed by atoms with Crippen LogP contribution in [0, 0.1) is 12.3 Å². The Labute approximate surface area is 75.2 Å². The molecule has 0 fully saturated rings. The number of hydrogen-bond acceptors (Lipinski definition) is 4. The fraction of sp³-hybridized carbons (Fsp3) is 0.375. The maximum absolute atomic E-state index is 9.40. The van der Waals surface area contributed by atoms with Gasteiger partial charge >= 0.3 is 0 Å². The van der Waals surface area contributed by atoms with E-state index in [1.54, 1.807) is 6.07 Å². The molecule has 1 unspecified atom stereocenters. The van der Waals surface area contributed by atoms with Gasteiger partial charge < -0.3 is 9.84 Å². The second-order valence-corrected chi connectivity index (χ2v) is 3.03. The molecule has 0 spiro atoms. The maximum atomic E-state index is 9.40. The molecule has 4 heteroatoms.